The molecule has 0 amide bonds. The van der Waals surface area contributed by atoms with Crippen LogP contribution in [-0.2, 0) is 4.79 Å². The number of carbonyl (C=O) groups is 1. The number of hydrogen-bond donors (Lipinski definition) is 1. The Bertz CT molecular complexity index is 702. The third-order valence-corrected chi connectivity index (χ3v) is 3.58. The summed E-state index contributed by atoms with van der Waals surface area (Å²) in [5.41, 5.74) is 0. The Morgan fingerprint density at radius 3 is 0.839 bits per heavy atom. The average molecular weight is 510 g/mol. The molecule has 186 valence electrons. The summed E-state index contributed by atoms with van der Waals surface area (Å²) in [4.78, 5) is 9.84. The predicted molar refractivity (Wildman–Crippen MR) is 57.8 cm³/mol. The molecule has 0 fully saturated rings. The van der Waals surface area contributed by atoms with E-state index in [4.69, 9.17) is 5.11 Å². The lowest BCUT2D eigenvalue weighted by Crippen LogP contribution is -2.76. The highest BCUT2D eigenvalue weighted by atomic mass is 19.4. The largest absolute Gasteiger partial charge is 0.477 e. The van der Waals surface area contributed by atoms with E-state index in [9.17, 15) is 83.8 Å². The van der Waals surface area contributed by atoms with Crippen LogP contribution in [0.2, 0.25) is 0 Å². The molecule has 2 nitrogen and oxygen atoms in total. The van der Waals surface area contributed by atoms with Crippen LogP contribution in [0.5, 0.6) is 0 Å². The monoisotopic (exact) mass is 510 g/mol. The predicted octanol–water partition coefficient (Wildman–Crippen LogP) is 5.81. The minimum atomic E-state index is -8.89. The number of rotatable bonds is 9. The molecule has 0 aliphatic rings. The average Bonchev–Trinajstić information content (AvgIpc) is 2.52. The molecule has 0 aliphatic carbocycles. The highest BCUT2D eigenvalue weighted by Crippen LogP contribution is 2.65. The maximum atomic E-state index is 13.2. The van der Waals surface area contributed by atoms with Crippen molar-refractivity contribution in [1.82, 2.24) is 0 Å². The molecule has 0 saturated carbocycles. The fourth-order valence-corrected chi connectivity index (χ4v) is 1.59. The molecule has 0 bridgehead atoms. The first kappa shape index (κ1) is 29.2. The van der Waals surface area contributed by atoms with Crippen molar-refractivity contribution in [3.05, 3.63) is 0 Å². The lowest BCUT2D eigenvalue weighted by molar-refractivity contribution is -0.459. The quantitative estimate of drug-likeness (QED) is 0.398. The molecule has 20 heteroatoms. The van der Waals surface area contributed by atoms with Crippen LogP contribution in [0, 0.1) is 0 Å². The molecule has 0 atom stereocenters. The molecule has 0 aromatic rings. The number of halogens is 18. The lowest BCUT2D eigenvalue weighted by Gasteiger charge is -2.43. The Hall–Kier alpha value is -1.79. The normalized spacial score (nSPS) is 16.5. The zero-order valence-electron chi connectivity index (χ0n) is 13.7. The van der Waals surface area contributed by atoms with E-state index in [2.05, 4.69) is 0 Å². The van der Waals surface area contributed by atoms with Crippen LogP contribution in [0.4, 0.5) is 79.0 Å². The van der Waals surface area contributed by atoms with Gasteiger partial charge in [0, 0.05) is 6.92 Å². The molecule has 0 spiro atoms. The van der Waals surface area contributed by atoms with Crippen molar-refractivity contribution in [3.8, 4) is 0 Å². The summed E-state index contributed by atoms with van der Waals surface area (Å²) >= 11 is 0. The standard InChI is InChI=1S/C11H4F18O2/c1-3(12,13)5(16,17)7(20,21)9(24,25)11(28,29)10(26,27)8(22,23)6(18,19)4(14,15)2(30)31/h1H3,(H,30,31). The van der Waals surface area contributed by atoms with Crippen LogP contribution < -0.4 is 0 Å². The summed E-state index contributed by atoms with van der Waals surface area (Å²) < 4.78 is 234. The second-order valence-corrected chi connectivity index (χ2v) is 5.79. The summed E-state index contributed by atoms with van der Waals surface area (Å²) in [5.74, 6) is -77.9. The van der Waals surface area contributed by atoms with Gasteiger partial charge in [0.15, 0.2) is 0 Å². The van der Waals surface area contributed by atoms with E-state index in [1.54, 1.807) is 0 Å². The minimum absolute atomic E-state index is 1.34. The molecule has 31 heavy (non-hydrogen) atoms. The van der Waals surface area contributed by atoms with Crippen molar-refractivity contribution < 1.29 is 88.9 Å². The fraction of sp³-hybridized carbons (Fsp3) is 0.909. The second kappa shape index (κ2) is 6.85. The Balaban J connectivity index is 6.95. The molecule has 0 aromatic heterocycles. The number of carboxylic acids is 1. The minimum Gasteiger partial charge on any atom is -0.477 e. The van der Waals surface area contributed by atoms with E-state index in [0.29, 0.717) is 0 Å². The van der Waals surface area contributed by atoms with E-state index >= 15 is 0 Å². The van der Waals surface area contributed by atoms with Gasteiger partial charge < -0.3 is 5.11 Å². The van der Waals surface area contributed by atoms with Crippen LogP contribution in [0.1, 0.15) is 6.92 Å². The number of alkyl halides is 18. The maximum absolute atomic E-state index is 13.2. The molecule has 0 radical (unpaired) electrons. The topological polar surface area (TPSA) is 37.3 Å². The van der Waals surface area contributed by atoms with E-state index in [0.717, 1.165) is 0 Å². The van der Waals surface area contributed by atoms with Gasteiger partial charge in [-0.15, -0.1) is 0 Å². The molecule has 0 aromatic carbocycles. The van der Waals surface area contributed by atoms with Crippen molar-refractivity contribution in [2.24, 2.45) is 0 Å². The zero-order chi connectivity index (χ0) is 26.1. The van der Waals surface area contributed by atoms with Crippen LogP contribution in [0.25, 0.3) is 0 Å². The number of aliphatic carboxylic acids is 1. The van der Waals surface area contributed by atoms with Gasteiger partial charge in [-0.2, -0.15) is 79.0 Å². The molecule has 1 N–H and O–H groups in total. The van der Waals surface area contributed by atoms with Crippen LogP contribution in [0.15, 0.2) is 0 Å². The lowest BCUT2D eigenvalue weighted by atomic mass is 9.86. The number of carboxylic acid groups (broad SMARTS) is 1. The molecule has 0 unspecified atom stereocenters. The van der Waals surface area contributed by atoms with Gasteiger partial charge in [-0.3, -0.25) is 0 Å². The summed E-state index contributed by atoms with van der Waals surface area (Å²) in [6.07, 6.45) is 0. The summed E-state index contributed by atoms with van der Waals surface area (Å²) in [6.45, 7) is -1.34. The maximum Gasteiger partial charge on any atom is 0.410 e. The fourth-order valence-electron chi connectivity index (χ4n) is 1.59. The van der Waals surface area contributed by atoms with Crippen molar-refractivity contribution >= 4 is 5.97 Å². The van der Waals surface area contributed by atoms with Gasteiger partial charge in [0.25, 0.3) is 0 Å². The molecular weight excluding hydrogens is 506 g/mol. The van der Waals surface area contributed by atoms with E-state index in [1.165, 1.54) is 0 Å². The van der Waals surface area contributed by atoms with Gasteiger partial charge >= 0.3 is 59.3 Å². The zero-order valence-corrected chi connectivity index (χ0v) is 13.7. The first-order chi connectivity index (χ1) is 12.9. The Morgan fingerprint density at radius 2 is 0.645 bits per heavy atom. The molecule has 0 heterocycles. The van der Waals surface area contributed by atoms with Gasteiger partial charge in [-0.05, 0) is 0 Å². The van der Waals surface area contributed by atoms with Gasteiger partial charge in [0.2, 0.25) is 0 Å². The van der Waals surface area contributed by atoms with E-state index in [1.807, 2.05) is 0 Å². The van der Waals surface area contributed by atoms with Crippen LogP contribution in [0.3, 0.4) is 0 Å². The van der Waals surface area contributed by atoms with Gasteiger partial charge in [0.1, 0.15) is 0 Å². The molecule has 0 aliphatic heterocycles. The van der Waals surface area contributed by atoms with Crippen molar-refractivity contribution in [3.63, 3.8) is 0 Å². The van der Waals surface area contributed by atoms with Crippen molar-refractivity contribution in [2.75, 3.05) is 0 Å². The Kier molecular flexibility index (Phi) is 6.46. The van der Waals surface area contributed by atoms with E-state index in [-0.39, 0.29) is 0 Å². The third kappa shape index (κ3) is 3.34. The highest BCUT2D eigenvalue weighted by Gasteiger charge is 2.96. The first-order valence-corrected chi connectivity index (χ1v) is 6.58. The van der Waals surface area contributed by atoms with Crippen LogP contribution >= 0.6 is 0 Å². The number of hydrogen-bond acceptors (Lipinski definition) is 1. The third-order valence-electron chi connectivity index (χ3n) is 3.58. The van der Waals surface area contributed by atoms with Gasteiger partial charge in [-0.1, -0.05) is 0 Å². The second-order valence-electron chi connectivity index (χ2n) is 5.79. The smallest absolute Gasteiger partial charge is 0.410 e. The van der Waals surface area contributed by atoms with Crippen LogP contribution in [-0.4, -0.2) is 64.4 Å². The van der Waals surface area contributed by atoms with Crippen molar-refractivity contribution in [1.29, 1.82) is 0 Å². The molecule has 0 saturated heterocycles. The van der Waals surface area contributed by atoms with Crippen molar-refractivity contribution in [2.45, 2.75) is 60.2 Å². The summed E-state index contributed by atoms with van der Waals surface area (Å²) in [6, 6.07) is 0. The van der Waals surface area contributed by atoms with E-state index < -0.39 is 66.2 Å². The summed E-state index contributed by atoms with van der Waals surface area (Å²) in [5, 5.41) is 7.65. The first-order valence-electron chi connectivity index (χ1n) is 6.58. The van der Waals surface area contributed by atoms with Gasteiger partial charge in [0.05, 0.1) is 0 Å². The molecular formula is C11H4F18O2. The Morgan fingerprint density at radius 1 is 0.452 bits per heavy atom. The SMILES string of the molecule is CC(F)(F)C(F)(F)C(F)(F)C(F)(F)C(F)(F)C(F)(F)C(F)(F)C(F)(F)C(F)(F)C(=O)O. The summed E-state index contributed by atoms with van der Waals surface area (Å²) in [7, 11) is 0. The highest BCUT2D eigenvalue weighted by molar-refractivity contribution is 5.77. The Labute approximate surface area is 156 Å². The molecule has 0 rings (SSSR count). The van der Waals surface area contributed by atoms with Gasteiger partial charge in [-0.25, -0.2) is 4.79 Å².